The normalized spacial score (nSPS) is 23.7. The van der Waals surface area contributed by atoms with E-state index >= 15 is 0 Å². The Hall–Kier alpha value is -2.08. The van der Waals surface area contributed by atoms with Crippen LogP contribution in [0.1, 0.15) is 11.3 Å². The van der Waals surface area contributed by atoms with Gasteiger partial charge < -0.3 is 4.90 Å². The monoisotopic (exact) mass is 330 g/mol. The molecule has 2 aliphatic rings. The third-order valence-electron chi connectivity index (χ3n) is 5.08. The number of anilines is 1. The molecule has 2 fully saturated rings. The highest BCUT2D eigenvalue weighted by molar-refractivity contribution is 5.40. The summed E-state index contributed by atoms with van der Waals surface area (Å²) in [4.78, 5) is 13.1. The van der Waals surface area contributed by atoms with E-state index in [2.05, 4.69) is 19.8 Å². The lowest BCUT2D eigenvalue weighted by Gasteiger charge is -2.22. The van der Waals surface area contributed by atoms with Crippen molar-refractivity contribution >= 4 is 5.82 Å². The maximum Gasteiger partial charge on any atom is 0.132 e. The van der Waals surface area contributed by atoms with Crippen molar-refractivity contribution in [3.8, 4) is 0 Å². The van der Waals surface area contributed by atoms with Crippen molar-refractivity contribution in [2.24, 2.45) is 11.8 Å². The van der Waals surface area contributed by atoms with E-state index in [0.717, 1.165) is 37.7 Å². The Morgan fingerprint density at radius 3 is 2.50 bits per heavy atom. The van der Waals surface area contributed by atoms with E-state index in [-0.39, 0.29) is 11.6 Å². The molecule has 1 aromatic heterocycles. The molecule has 0 aliphatic carbocycles. The smallest absolute Gasteiger partial charge is 0.132 e. The first-order valence-corrected chi connectivity index (χ1v) is 8.28. The van der Waals surface area contributed by atoms with Crippen molar-refractivity contribution in [2.75, 3.05) is 31.1 Å². The van der Waals surface area contributed by atoms with Crippen molar-refractivity contribution in [3.63, 3.8) is 0 Å². The number of hydrogen-bond acceptors (Lipinski definition) is 4. The minimum atomic E-state index is -0.379. The first kappa shape index (κ1) is 15.4. The highest BCUT2D eigenvalue weighted by Gasteiger charge is 2.40. The van der Waals surface area contributed by atoms with Gasteiger partial charge in [0.1, 0.15) is 23.8 Å². The first-order valence-electron chi connectivity index (χ1n) is 8.28. The van der Waals surface area contributed by atoms with Gasteiger partial charge >= 0.3 is 0 Å². The molecular formula is C18H20F2N4. The van der Waals surface area contributed by atoms with Crippen molar-refractivity contribution in [1.82, 2.24) is 14.9 Å². The fourth-order valence-electron chi connectivity index (χ4n) is 3.93. The fourth-order valence-corrected chi connectivity index (χ4v) is 3.93. The van der Waals surface area contributed by atoms with E-state index in [4.69, 9.17) is 0 Å². The zero-order valence-corrected chi connectivity index (χ0v) is 13.6. The molecule has 0 bridgehead atoms. The molecule has 2 saturated heterocycles. The molecule has 4 rings (SSSR count). The SMILES string of the molecule is Cc1cc(N2CC3CN(Cc4cc(F)ccc4F)CC3C2)ncn1. The van der Waals surface area contributed by atoms with Crippen LogP contribution in [0.15, 0.2) is 30.6 Å². The second-order valence-electron chi connectivity index (χ2n) is 6.87. The van der Waals surface area contributed by atoms with Crippen LogP contribution in [0.25, 0.3) is 0 Å². The predicted octanol–water partition coefficient (Wildman–Crippen LogP) is 2.63. The summed E-state index contributed by atoms with van der Waals surface area (Å²) < 4.78 is 27.1. The van der Waals surface area contributed by atoms with E-state index < -0.39 is 0 Å². The summed E-state index contributed by atoms with van der Waals surface area (Å²) in [5.41, 5.74) is 1.42. The van der Waals surface area contributed by atoms with Gasteiger partial charge in [0.2, 0.25) is 0 Å². The molecule has 2 atom stereocenters. The summed E-state index contributed by atoms with van der Waals surface area (Å²) in [5.74, 6) is 1.39. The molecular weight excluding hydrogens is 310 g/mol. The number of nitrogens with zero attached hydrogens (tertiary/aromatic N) is 4. The van der Waals surface area contributed by atoms with Gasteiger partial charge in [0.05, 0.1) is 0 Å². The average Bonchev–Trinajstić information content (AvgIpc) is 3.09. The Balaban J connectivity index is 1.40. The molecule has 2 aromatic rings. The summed E-state index contributed by atoms with van der Waals surface area (Å²) in [5, 5.41) is 0. The van der Waals surface area contributed by atoms with Crippen LogP contribution in [-0.2, 0) is 6.54 Å². The molecule has 3 heterocycles. The van der Waals surface area contributed by atoms with E-state index in [0.29, 0.717) is 23.9 Å². The highest BCUT2D eigenvalue weighted by atomic mass is 19.1. The Morgan fingerprint density at radius 2 is 1.79 bits per heavy atom. The van der Waals surface area contributed by atoms with Crippen LogP contribution in [0.3, 0.4) is 0 Å². The molecule has 0 radical (unpaired) electrons. The van der Waals surface area contributed by atoms with E-state index in [1.807, 2.05) is 13.0 Å². The van der Waals surface area contributed by atoms with Gasteiger partial charge in [0.15, 0.2) is 0 Å². The Labute approximate surface area is 140 Å². The molecule has 1 aromatic carbocycles. The molecule has 2 aliphatic heterocycles. The van der Waals surface area contributed by atoms with Gasteiger partial charge in [0.25, 0.3) is 0 Å². The molecule has 24 heavy (non-hydrogen) atoms. The van der Waals surface area contributed by atoms with Crippen molar-refractivity contribution in [2.45, 2.75) is 13.5 Å². The van der Waals surface area contributed by atoms with Crippen LogP contribution in [0, 0.1) is 30.4 Å². The second kappa shape index (κ2) is 6.09. The standard InChI is InChI=1S/C18H20F2N4/c1-12-4-18(22-11-21-12)24-9-14-7-23(8-15(14)10-24)6-13-5-16(19)2-3-17(13)20/h2-5,11,14-15H,6-10H2,1H3. The predicted molar refractivity (Wildman–Crippen MR) is 87.6 cm³/mol. The lowest BCUT2D eigenvalue weighted by molar-refractivity contribution is 0.303. The highest BCUT2D eigenvalue weighted by Crippen LogP contribution is 2.34. The summed E-state index contributed by atoms with van der Waals surface area (Å²) in [6, 6.07) is 5.69. The largest absolute Gasteiger partial charge is 0.356 e. The summed E-state index contributed by atoms with van der Waals surface area (Å²) >= 11 is 0. The fraction of sp³-hybridized carbons (Fsp3) is 0.444. The Bertz CT molecular complexity index is 738. The van der Waals surface area contributed by atoms with Crippen molar-refractivity contribution in [3.05, 3.63) is 53.5 Å². The average molecular weight is 330 g/mol. The Kier molecular flexibility index (Phi) is 3.92. The zero-order chi connectivity index (χ0) is 16.7. The number of benzene rings is 1. The van der Waals surface area contributed by atoms with Gasteiger partial charge in [-0.15, -0.1) is 0 Å². The van der Waals surface area contributed by atoms with Crippen molar-refractivity contribution in [1.29, 1.82) is 0 Å². The number of likely N-dealkylation sites (tertiary alicyclic amines) is 1. The van der Waals surface area contributed by atoms with Gasteiger partial charge in [-0.05, 0) is 37.0 Å². The molecule has 6 heteroatoms. The van der Waals surface area contributed by atoms with Crippen molar-refractivity contribution < 1.29 is 8.78 Å². The molecule has 126 valence electrons. The van der Waals surface area contributed by atoms with E-state index in [1.165, 1.54) is 18.2 Å². The van der Waals surface area contributed by atoms with Crippen LogP contribution >= 0.6 is 0 Å². The molecule has 4 nitrogen and oxygen atoms in total. The number of aryl methyl sites for hydroxylation is 1. The van der Waals surface area contributed by atoms with Gasteiger partial charge in [-0.1, -0.05) is 0 Å². The topological polar surface area (TPSA) is 32.3 Å². The van der Waals surface area contributed by atoms with Gasteiger partial charge in [0, 0.05) is 50.0 Å². The number of hydrogen-bond donors (Lipinski definition) is 0. The van der Waals surface area contributed by atoms with Gasteiger partial charge in [-0.25, -0.2) is 18.7 Å². The Morgan fingerprint density at radius 1 is 1.04 bits per heavy atom. The number of aromatic nitrogens is 2. The lowest BCUT2D eigenvalue weighted by Crippen LogP contribution is -2.29. The molecule has 0 saturated carbocycles. The minimum absolute atomic E-state index is 0.327. The van der Waals surface area contributed by atoms with Crippen LogP contribution in [0.5, 0.6) is 0 Å². The van der Waals surface area contributed by atoms with Crippen LogP contribution < -0.4 is 4.90 Å². The third-order valence-corrected chi connectivity index (χ3v) is 5.08. The maximum absolute atomic E-state index is 13.8. The minimum Gasteiger partial charge on any atom is -0.356 e. The molecule has 2 unspecified atom stereocenters. The van der Waals surface area contributed by atoms with Crippen LogP contribution in [0.4, 0.5) is 14.6 Å². The van der Waals surface area contributed by atoms with E-state index in [1.54, 1.807) is 6.33 Å². The lowest BCUT2D eigenvalue weighted by atomic mass is 10.0. The summed E-state index contributed by atoms with van der Waals surface area (Å²) in [6.07, 6.45) is 1.61. The molecule has 0 amide bonds. The quantitative estimate of drug-likeness (QED) is 0.866. The maximum atomic E-state index is 13.8. The zero-order valence-electron chi connectivity index (χ0n) is 13.6. The van der Waals surface area contributed by atoms with Gasteiger partial charge in [-0.2, -0.15) is 0 Å². The number of fused-ring (bicyclic) bond motifs is 1. The molecule has 0 N–H and O–H groups in total. The number of halogens is 2. The molecule has 0 spiro atoms. The summed E-state index contributed by atoms with van der Waals surface area (Å²) in [7, 11) is 0. The van der Waals surface area contributed by atoms with Gasteiger partial charge in [-0.3, -0.25) is 4.90 Å². The summed E-state index contributed by atoms with van der Waals surface area (Å²) in [6.45, 7) is 6.20. The third kappa shape index (κ3) is 2.98. The number of rotatable bonds is 3. The van der Waals surface area contributed by atoms with E-state index in [9.17, 15) is 8.78 Å². The first-order chi connectivity index (χ1) is 11.6. The van der Waals surface area contributed by atoms with Crippen LogP contribution in [-0.4, -0.2) is 41.0 Å². The van der Waals surface area contributed by atoms with Crippen LogP contribution in [0.2, 0.25) is 0 Å². The second-order valence-corrected chi connectivity index (χ2v) is 6.87.